The van der Waals surface area contributed by atoms with Crippen LogP contribution in [0.1, 0.15) is 25.7 Å². The van der Waals surface area contributed by atoms with E-state index in [1.807, 2.05) is 4.90 Å². The fraction of sp³-hybridized carbons (Fsp3) is 0.857. The van der Waals surface area contributed by atoms with Crippen LogP contribution in [0.3, 0.4) is 0 Å². The maximum absolute atomic E-state index is 12.6. The van der Waals surface area contributed by atoms with Crippen LogP contribution in [-0.4, -0.2) is 88.8 Å². The first-order valence-electron chi connectivity index (χ1n) is 7.72. The van der Waals surface area contributed by atoms with E-state index in [4.69, 9.17) is 10.2 Å². The van der Waals surface area contributed by atoms with Gasteiger partial charge in [-0.05, 0) is 19.3 Å². The lowest BCUT2D eigenvalue weighted by atomic mass is 10.00. The second-order valence-electron chi connectivity index (χ2n) is 5.78. The quantitative estimate of drug-likeness (QED) is 0.766. The van der Waals surface area contributed by atoms with Gasteiger partial charge in [0.2, 0.25) is 0 Å². The average molecular weight is 299 g/mol. The minimum atomic E-state index is -0.840. The highest BCUT2D eigenvalue weighted by Crippen LogP contribution is 2.21. The first-order chi connectivity index (χ1) is 10.1. The number of aliphatic carboxylic acids is 1. The Morgan fingerprint density at radius 1 is 1.05 bits per heavy atom. The van der Waals surface area contributed by atoms with Gasteiger partial charge in [-0.25, -0.2) is 4.79 Å². The zero-order chi connectivity index (χ0) is 15.2. The molecule has 2 rings (SSSR count). The van der Waals surface area contributed by atoms with E-state index in [0.29, 0.717) is 26.2 Å². The molecule has 2 fully saturated rings. The molecule has 0 aromatic carbocycles. The number of likely N-dealkylation sites (tertiary alicyclic amines) is 1. The first kappa shape index (κ1) is 16.0. The molecule has 0 bridgehead atoms. The van der Waals surface area contributed by atoms with Gasteiger partial charge in [0.1, 0.15) is 0 Å². The lowest BCUT2D eigenvalue weighted by Gasteiger charge is -2.41. The molecule has 2 N–H and O–H groups in total. The van der Waals surface area contributed by atoms with Gasteiger partial charge in [-0.1, -0.05) is 0 Å². The number of piperidine rings is 1. The normalized spacial score (nSPS) is 24.1. The van der Waals surface area contributed by atoms with Crippen molar-refractivity contribution in [2.45, 2.75) is 31.7 Å². The number of carboxylic acids is 1. The Labute approximate surface area is 125 Å². The molecule has 0 aromatic heterocycles. The summed E-state index contributed by atoms with van der Waals surface area (Å²) < 4.78 is 0. The van der Waals surface area contributed by atoms with E-state index in [9.17, 15) is 9.59 Å². The number of nitrogens with zero attached hydrogens (tertiary/aromatic N) is 3. The molecule has 21 heavy (non-hydrogen) atoms. The van der Waals surface area contributed by atoms with Crippen LogP contribution in [-0.2, 0) is 4.79 Å². The van der Waals surface area contributed by atoms with Crippen molar-refractivity contribution in [2.24, 2.45) is 0 Å². The van der Waals surface area contributed by atoms with Gasteiger partial charge in [-0.2, -0.15) is 0 Å². The van der Waals surface area contributed by atoms with E-state index in [-0.39, 0.29) is 25.1 Å². The number of carbonyl (C=O) groups is 2. The van der Waals surface area contributed by atoms with Gasteiger partial charge in [0, 0.05) is 45.3 Å². The van der Waals surface area contributed by atoms with Crippen molar-refractivity contribution in [3.63, 3.8) is 0 Å². The summed E-state index contributed by atoms with van der Waals surface area (Å²) in [6, 6.07) is -0.191. The molecule has 0 aromatic rings. The molecule has 1 unspecified atom stereocenters. The Bertz CT molecular complexity index is 369. The van der Waals surface area contributed by atoms with Crippen molar-refractivity contribution in [2.75, 3.05) is 45.9 Å². The summed E-state index contributed by atoms with van der Waals surface area (Å²) in [5.74, 6) is -0.840. The Hall–Kier alpha value is -1.34. The van der Waals surface area contributed by atoms with Crippen molar-refractivity contribution in [3.8, 4) is 0 Å². The number of piperazine rings is 1. The van der Waals surface area contributed by atoms with E-state index < -0.39 is 5.97 Å². The summed E-state index contributed by atoms with van der Waals surface area (Å²) in [4.78, 5) is 29.2. The van der Waals surface area contributed by atoms with Crippen molar-refractivity contribution in [1.82, 2.24) is 14.7 Å². The van der Waals surface area contributed by atoms with Crippen LogP contribution in [0.25, 0.3) is 0 Å². The predicted octanol–water partition coefficient (Wildman–Crippen LogP) is 0.0455. The summed E-state index contributed by atoms with van der Waals surface area (Å²) in [7, 11) is 0. The van der Waals surface area contributed by atoms with Crippen LogP contribution >= 0.6 is 0 Å². The van der Waals surface area contributed by atoms with Crippen LogP contribution < -0.4 is 0 Å². The number of hydrogen-bond acceptors (Lipinski definition) is 4. The van der Waals surface area contributed by atoms with Crippen LogP contribution in [0, 0.1) is 0 Å². The lowest BCUT2D eigenvalue weighted by molar-refractivity contribution is -0.138. The Morgan fingerprint density at radius 2 is 1.76 bits per heavy atom. The second kappa shape index (κ2) is 7.61. The largest absolute Gasteiger partial charge is 0.481 e. The number of β-amino-alcohol motifs (C(OH)–C–C–N with tert-alkyl or cyclic N) is 1. The van der Waals surface area contributed by atoms with Gasteiger partial charge < -0.3 is 20.0 Å². The molecule has 7 heteroatoms. The number of carboxylic acid groups (broad SMARTS) is 1. The number of aliphatic hydroxyl groups excluding tert-OH is 1. The van der Waals surface area contributed by atoms with Crippen molar-refractivity contribution in [3.05, 3.63) is 0 Å². The summed E-state index contributed by atoms with van der Waals surface area (Å²) >= 11 is 0. The van der Waals surface area contributed by atoms with Gasteiger partial charge in [0.15, 0.2) is 0 Å². The standard InChI is InChI=1S/C14H25N3O4/c18-10-9-15-5-7-16(8-6-15)14(21)17-4-2-1-3-12(17)11-13(19)20/h12,18H,1-11H2,(H,19,20). The number of urea groups is 1. The molecule has 7 nitrogen and oxygen atoms in total. The Balaban J connectivity index is 1.90. The highest BCUT2D eigenvalue weighted by atomic mass is 16.4. The smallest absolute Gasteiger partial charge is 0.320 e. The van der Waals surface area contributed by atoms with Crippen molar-refractivity contribution >= 4 is 12.0 Å². The molecule has 0 aliphatic carbocycles. The first-order valence-corrected chi connectivity index (χ1v) is 7.72. The van der Waals surface area contributed by atoms with Gasteiger partial charge >= 0.3 is 12.0 Å². The van der Waals surface area contributed by atoms with Crippen LogP contribution in [0.5, 0.6) is 0 Å². The van der Waals surface area contributed by atoms with Gasteiger partial charge in [0.05, 0.1) is 13.0 Å². The SMILES string of the molecule is O=C(O)CC1CCCCN1C(=O)N1CCN(CCO)CC1. The zero-order valence-electron chi connectivity index (χ0n) is 12.4. The minimum absolute atomic E-state index is 0.0235. The maximum Gasteiger partial charge on any atom is 0.320 e. The Morgan fingerprint density at radius 3 is 2.38 bits per heavy atom. The van der Waals surface area contributed by atoms with Gasteiger partial charge in [0.25, 0.3) is 0 Å². The van der Waals surface area contributed by atoms with E-state index >= 15 is 0 Å². The van der Waals surface area contributed by atoms with Crippen LogP contribution in [0.4, 0.5) is 4.79 Å². The van der Waals surface area contributed by atoms with E-state index in [2.05, 4.69) is 4.90 Å². The van der Waals surface area contributed by atoms with E-state index in [1.165, 1.54) is 0 Å². The third-order valence-electron chi connectivity index (χ3n) is 4.34. The highest BCUT2D eigenvalue weighted by Gasteiger charge is 2.32. The molecule has 120 valence electrons. The predicted molar refractivity (Wildman–Crippen MR) is 77.1 cm³/mol. The highest BCUT2D eigenvalue weighted by molar-refractivity contribution is 5.76. The zero-order valence-corrected chi connectivity index (χ0v) is 12.4. The topological polar surface area (TPSA) is 84.3 Å². The molecule has 2 aliphatic heterocycles. The van der Waals surface area contributed by atoms with Gasteiger partial charge in [-0.3, -0.25) is 9.69 Å². The number of rotatable bonds is 4. The van der Waals surface area contributed by atoms with Crippen LogP contribution in [0.15, 0.2) is 0 Å². The van der Waals surface area contributed by atoms with Gasteiger partial charge in [-0.15, -0.1) is 0 Å². The molecule has 1 atom stereocenters. The molecule has 0 spiro atoms. The summed E-state index contributed by atoms with van der Waals surface area (Å²) in [5.41, 5.74) is 0. The monoisotopic (exact) mass is 299 g/mol. The van der Waals surface area contributed by atoms with Crippen molar-refractivity contribution in [1.29, 1.82) is 0 Å². The third kappa shape index (κ3) is 4.31. The molecule has 0 radical (unpaired) electrons. The van der Waals surface area contributed by atoms with Crippen LogP contribution in [0.2, 0.25) is 0 Å². The second-order valence-corrected chi connectivity index (χ2v) is 5.78. The summed E-state index contributed by atoms with van der Waals surface area (Å²) in [6.07, 6.45) is 2.76. The Kier molecular flexibility index (Phi) is 5.81. The summed E-state index contributed by atoms with van der Waals surface area (Å²) in [5, 5.41) is 17.9. The fourth-order valence-corrected chi connectivity index (χ4v) is 3.15. The maximum atomic E-state index is 12.6. The number of aliphatic hydroxyl groups is 1. The molecule has 2 saturated heterocycles. The molecule has 2 heterocycles. The van der Waals surface area contributed by atoms with E-state index in [1.54, 1.807) is 4.90 Å². The third-order valence-corrected chi connectivity index (χ3v) is 4.34. The number of carbonyl (C=O) groups excluding carboxylic acids is 1. The van der Waals surface area contributed by atoms with E-state index in [0.717, 1.165) is 32.4 Å². The molecule has 0 saturated carbocycles. The fourth-order valence-electron chi connectivity index (χ4n) is 3.15. The number of amides is 2. The lowest BCUT2D eigenvalue weighted by Crippen LogP contribution is -2.56. The molecule has 2 aliphatic rings. The van der Waals surface area contributed by atoms with Crippen molar-refractivity contribution < 1.29 is 19.8 Å². The minimum Gasteiger partial charge on any atom is -0.481 e. The molecular weight excluding hydrogens is 274 g/mol. The summed E-state index contributed by atoms with van der Waals surface area (Å²) in [6.45, 7) is 4.28. The molecule has 2 amide bonds. The number of hydrogen-bond donors (Lipinski definition) is 2. The average Bonchev–Trinajstić information content (AvgIpc) is 2.48. The molecular formula is C14H25N3O4.